The summed E-state index contributed by atoms with van der Waals surface area (Å²) < 4.78 is 43.6. The molecular weight excluding hydrogens is 412 g/mol. The number of carbonyl (C=O) groups is 2. The maximum absolute atomic E-state index is 12.5. The molecule has 0 radical (unpaired) electrons. The van der Waals surface area contributed by atoms with E-state index in [9.17, 15) is 18.0 Å². The molecule has 10 heteroatoms. The van der Waals surface area contributed by atoms with Crippen LogP contribution >= 0.6 is 0 Å². The molecule has 0 saturated carbocycles. The zero-order valence-electron chi connectivity index (χ0n) is 17.1. The topological polar surface area (TPSA) is 111 Å². The molecule has 30 heavy (non-hydrogen) atoms. The summed E-state index contributed by atoms with van der Waals surface area (Å²) in [6.45, 7) is 3.71. The van der Waals surface area contributed by atoms with E-state index in [1.165, 1.54) is 19.1 Å². The first-order chi connectivity index (χ1) is 14.4. The van der Waals surface area contributed by atoms with E-state index in [1.54, 1.807) is 11.0 Å². The Morgan fingerprint density at radius 1 is 1.10 bits per heavy atom. The number of ether oxygens (including phenoxy) is 3. The molecule has 1 aromatic rings. The Balaban J connectivity index is 1.48. The number of piperidine rings is 1. The van der Waals surface area contributed by atoms with E-state index in [2.05, 4.69) is 4.72 Å². The molecule has 1 fully saturated rings. The second-order valence-corrected chi connectivity index (χ2v) is 9.09. The number of likely N-dealkylation sites (tertiary alicyclic amines) is 1. The molecule has 166 valence electrons. The lowest BCUT2D eigenvalue weighted by molar-refractivity contribution is -0.159. The molecule has 1 N–H and O–H groups in total. The molecule has 0 spiro atoms. The van der Waals surface area contributed by atoms with Crippen molar-refractivity contribution >= 4 is 21.9 Å². The third-order valence-corrected chi connectivity index (χ3v) is 6.43. The Morgan fingerprint density at radius 3 is 2.53 bits per heavy atom. The van der Waals surface area contributed by atoms with E-state index in [1.807, 2.05) is 0 Å². The van der Waals surface area contributed by atoms with Crippen molar-refractivity contribution in [2.75, 3.05) is 32.8 Å². The zero-order chi connectivity index (χ0) is 21.6. The van der Waals surface area contributed by atoms with Gasteiger partial charge in [-0.3, -0.25) is 9.59 Å². The highest BCUT2D eigenvalue weighted by molar-refractivity contribution is 7.89. The second kappa shape index (κ2) is 10.1. The minimum absolute atomic E-state index is 0.0220. The summed E-state index contributed by atoms with van der Waals surface area (Å²) in [7, 11) is -3.83. The highest BCUT2D eigenvalue weighted by Crippen LogP contribution is 2.31. The summed E-state index contributed by atoms with van der Waals surface area (Å²) in [6.07, 6.45) is 2.66. The van der Waals surface area contributed by atoms with Crippen molar-refractivity contribution in [2.45, 2.75) is 50.0 Å². The average Bonchev–Trinajstić information content (AvgIpc) is 2.98. The van der Waals surface area contributed by atoms with Gasteiger partial charge in [0.15, 0.2) is 17.6 Å². The molecule has 1 amide bonds. The van der Waals surface area contributed by atoms with Crippen molar-refractivity contribution in [1.82, 2.24) is 9.62 Å². The summed E-state index contributed by atoms with van der Waals surface area (Å²) in [6, 6.07) is 4.38. The number of sulfonamides is 1. The van der Waals surface area contributed by atoms with Crippen LogP contribution in [-0.2, 0) is 24.3 Å². The van der Waals surface area contributed by atoms with Gasteiger partial charge < -0.3 is 19.1 Å². The molecule has 2 heterocycles. The Hall–Kier alpha value is -2.33. The number of carbonyl (C=O) groups excluding carboxylic acids is 2. The largest absolute Gasteiger partial charge is 0.490 e. The molecule has 1 atom stereocenters. The van der Waals surface area contributed by atoms with Crippen molar-refractivity contribution in [3.05, 3.63) is 18.2 Å². The monoisotopic (exact) mass is 440 g/mol. The predicted octanol–water partition coefficient (Wildman–Crippen LogP) is 1.46. The highest BCUT2D eigenvalue weighted by Gasteiger charge is 2.25. The van der Waals surface area contributed by atoms with Gasteiger partial charge in [-0.2, -0.15) is 0 Å². The first kappa shape index (κ1) is 22.4. The Kier molecular flexibility index (Phi) is 7.54. The fraction of sp³-hybridized carbons (Fsp3) is 0.600. The maximum atomic E-state index is 12.5. The van der Waals surface area contributed by atoms with Crippen molar-refractivity contribution in [2.24, 2.45) is 0 Å². The average molecular weight is 441 g/mol. The van der Waals surface area contributed by atoms with Gasteiger partial charge in [0, 0.05) is 32.1 Å². The van der Waals surface area contributed by atoms with Crippen molar-refractivity contribution < 1.29 is 32.2 Å². The van der Waals surface area contributed by atoms with Gasteiger partial charge in [0.25, 0.3) is 5.91 Å². The van der Waals surface area contributed by atoms with Gasteiger partial charge in [0.2, 0.25) is 10.0 Å². The smallest absolute Gasteiger partial charge is 0.307 e. The van der Waals surface area contributed by atoms with Crippen LogP contribution in [0.2, 0.25) is 0 Å². The van der Waals surface area contributed by atoms with Crippen LogP contribution in [0.15, 0.2) is 23.1 Å². The van der Waals surface area contributed by atoms with Crippen LogP contribution < -0.4 is 14.2 Å². The van der Waals surface area contributed by atoms with Crippen molar-refractivity contribution in [3.63, 3.8) is 0 Å². The van der Waals surface area contributed by atoms with E-state index in [0.717, 1.165) is 25.7 Å². The first-order valence-corrected chi connectivity index (χ1v) is 11.7. The second-order valence-electron chi connectivity index (χ2n) is 7.32. The normalized spacial score (nSPS) is 17.7. The number of fused-ring (bicyclic) bond motifs is 1. The fourth-order valence-corrected chi connectivity index (χ4v) is 4.41. The van der Waals surface area contributed by atoms with Crippen LogP contribution in [0.4, 0.5) is 0 Å². The summed E-state index contributed by atoms with van der Waals surface area (Å²) in [5.74, 6) is 0.0345. The zero-order valence-corrected chi connectivity index (χ0v) is 17.9. The van der Waals surface area contributed by atoms with Crippen LogP contribution in [0.3, 0.4) is 0 Å². The van der Waals surface area contributed by atoms with E-state index < -0.39 is 22.1 Å². The predicted molar refractivity (Wildman–Crippen MR) is 108 cm³/mol. The molecule has 0 aromatic heterocycles. The lowest BCUT2D eigenvalue weighted by Crippen LogP contribution is -2.42. The van der Waals surface area contributed by atoms with Gasteiger partial charge in [-0.25, -0.2) is 13.1 Å². The molecule has 9 nitrogen and oxygen atoms in total. The molecule has 0 bridgehead atoms. The number of nitrogens with zero attached hydrogens (tertiary/aromatic N) is 1. The minimum atomic E-state index is -3.83. The summed E-state index contributed by atoms with van der Waals surface area (Å²) in [5, 5.41) is 0. The number of benzene rings is 1. The maximum Gasteiger partial charge on any atom is 0.307 e. The van der Waals surface area contributed by atoms with Crippen molar-refractivity contribution in [3.8, 4) is 11.5 Å². The summed E-state index contributed by atoms with van der Waals surface area (Å²) >= 11 is 0. The number of esters is 1. The molecule has 0 aliphatic carbocycles. The lowest BCUT2D eigenvalue weighted by Gasteiger charge is -2.28. The highest BCUT2D eigenvalue weighted by atomic mass is 32.2. The SMILES string of the molecule is C[C@@H](OC(=O)CCNS(=O)(=O)c1ccc2c(c1)OCCCO2)C(=O)N1CCCCC1. The van der Waals surface area contributed by atoms with Gasteiger partial charge in [-0.05, 0) is 38.3 Å². The molecule has 1 aromatic carbocycles. The van der Waals surface area contributed by atoms with Crippen LogP contribution in [0.1, 0.15) is 39.0 Å². The van der Waals surface area contributed by atoms with Crippen LogP contribution in [0.5, 0.6) is 11.5 Å². The summed E-state index contributed by atoms with van der Waals surface area (Å²) in [4.78, 5) is 26.1. The molecular formula is C20H28N2O7S. The number of amides is 1. The van der Waals surface area contributed by atoms with Crippen LogP contribution in [0.25, 0.3) is 0 Å². The Labute approximate surface area is 176 Å². The van der Waals surface area contributed by atoms with Gasteiger partial charge in [-0.15, -0.1) is 0 Å². The fourth-order valence-electron chi connectivity index (χ4n) is 3.36. The van der Waals surface area contributed by atoms with Crippen LogP contribution in [-0.4, -0.2) is 64.1 Å². The number of hydrogen-bond donors (Lipinski definition) is 1. The summed E-state index contributed by atoms with van der Waals surface area (Å²) in [5.41, 5.74) is 0. The lowest BCUT2D eigenvalue weighted by atomic mass is 10.1. The molecule has 2 aliphatic heterocycles. The molecule has 0 unspecified atom stereocenters. The number of rotatable bonds is 7. The van der Waals surface area contributed by atoms with Crippen LogP contribution in [0, 0.1) is 0 Å². The van der Waals surface area contributed by atoms with E-state index in [4.69, 9.17) is 14.2 Å². The Bertz CT molecular complexity index is 866. The minimum Gasteiger partial charge on any atom is -0.490 e. The van der Waals surface area contributed by atoms with Gasteiger partial charge in [-0.1, -0.05) is 0 Å². The van der Waals surface area contributed by atoms with E-state index in [0.29, 0.717) is 37.8 Å². The third-order valence-electron chi connectivity index (χ3n) is 4.97. The number of nitrogens with one attached hydrogen (secondary N) is 1. The van der Waals surface area contributed by atoms with E-state index >= 15 is 0 Å². The van der Waals surface area contributed by atoms with E-state index in [-0.39, 0.29) is 23.8 Å². The van der Waals surface area contributed by atoms with Gasteiger partial charge in [0.1, 0.15) is 0 Å². The molecule has 2 aliphatic rings. The third kappa shape index (κ3) is 5.85. The van der Waals surface area contributed by atoms with Gasteiger partial charge >= 0.3 is 5.97 Å². The Morgan fingerprint density at radius 2 is 1.80 bits per heavy atom. The number of hydrogen-bond acceptors (Lipinski definition) is 7. The standard InChI is InChI=1S/C20H28N2O7S/c1-15(20(24)22-10-3-2-4-11-22)29-19(23)8-9-21-30(25,26)16-6-7-17-18(14-16)28-13-5-12-27-17/h6-7,14-15,21H,2-5,8-13H2,1H3/t15-/m1/s1. The van der Waals surface area contributed by atoms with Crippen molar-refractivity contribution in [1.29, 1.82) is 0 Å². The first-order valence-electron chi connectivity index (χ1n) is 10.2. The molecule has 1 saturated heterocycles. The van der Waals surface area contributed by atoms with Gasteiger partial charge in [0.05, 0.1) is 24.5 Å². The molecule has 3 rings (SSSR count). The quantitative estimate of drug-likeness (QED) is 0.639.